The second-order valence-electron chi connectivity index (χ2n) is 13.4. The Labute approximate surface area is 248 Å². The number of hydrogen-bond donors (Lipinski definition) is 0. The highest BCUT2D eigenvalue weighted by molar-refractivity contribution is 7.18. The molecular formula is C31H38F3N5O2S. The van der Waals surface area contributed by atoms with Gasteiger partial charge in [-0.1, -0.05) is 29.8 Å². The van der Waals surface area contributed by atoms with Crippen molar-refractivity contribution in [2.75, 3.05) is 44.2 Å². The number of carbonyl (C=O) groups excluding carboxylic acids is 1. The fourth-order valence-electron chi connectivity index (χ4n) is 6.64. The molecule has 42 heavy (non-hydrogen) atoms. The molecule has 3 aliphatic heterocycles. The number of aromatic nitrogens is 2. The number of fused-ring (bicyclic) bond motifs is 1. The minimum atomic E-state index is -4.25. The summed E-state index contributed by atoms with van der Waals surface area (Å²) in [5.41, 5.74) is 2.15. The SMILES string of the molecule is Cc1ccc(CC(C2CN(C(=O)OC(C)(C)C)C2)N2CC3(CCN(c4ncnc5sc(CC(F)(F)F)cc45)C3)C2)cc1. The van der Waals surface area contributed by atoms with E-state index in [0.717, 1.165) is 56.2 Å². The molecule has 3 fully saturated rings. The van der Waals surface area contributed by atoms with Crippen LogP contribution < -0.4 is 4.90 Å². The number of alkyl halides is 3. The lowest BCUT2D eigenvalue weighted by atomic mass is 9.75. The quantitative estimate of drug-likeness (QED) is 0.341. The van der Waals surface area contributed by atoms with Gasteiger partial charge in [0.2, 0.25) is 0 Å². The van der Waals surface area contributed by atoms with E-state index >= 15 is 0 Å². The highest BCUT2D eigenvalue weighted by atomic mass is 32.1. The number of thiophene rings is 1. The van der Waals surface area contributed by atoms with Crippen LogP contribution in [0.1, 0.15) is 43.2 Å². The van der Waals surface area contributed by atoms with E-state index in [4.69, 9.17) is 4.74 Å². The molecule has 6 rings (SSSR count). The van der Waals surface area contributed by atoms with Gasteiger partial charge in [-0.15, -0.1) is 11.3 Å². The van der Waals surface area contributed by atoms with E-state index in [-0.39, 0.29) is 16.4 Å². The predicted octanol–water partition coefficient (Wildman–Crippen LogP) is 6.09. The van der Waals surface area contributed by atoms with Gasteiger partial charge >= 0.3 is 12.3 Å². The van der Waals surface area contributed by atoms with Crippen molar-refractivity contribution in [3.63, 3.8) is 0 Å². The lowest BCUT2D eigenvalue weighted by Crippen LogP contribution is -2.67. The summed E-state index contributed by atoms with van der Waals surface area (Å²) in [5.74, 6) is 1.11. The molecule has 1 unspecified atom stereocenters. The van der Waals surface area contributed by atoms with Gasteiger partial charge < -0.3 is 14.5 Å². The van der Waals surface area contributed by atoms with Gasteiger partial charge in [-0.05, 0) is 52.2 Å². The fourth-order valence-corrected chi connectivity index (χ4v) is 7.67. The third-order valence-corrected chi connectivity index (χ3v) is 9.73. The van der Waals surface area contributed by atoms with E-state index in [1.165, 1.54) is 17.5 Å². The minimum Gasteiger partial charge on any atom is -0.444 e. The molecule has 0 N–H and O–H groups in total. The molecule has 1 amide bonds. The molecule has 11 heteroatoms. The van der Waals surface area contributed by atoms with Crippen LogP contribution in [0.4, 0.5) is 23.8 Å². The number of ether oxygens (including phenoxy) is 1. The molecule has 3 aromatic rings. The largest absolute Gasteiger partial charge is 0.444 e. The van der Waals surface area contributed by atoms with E-state index in [2.05, 4.69) is 51.0 Å². The summed E-state index contributed by atoms with van der Waals surface area (Å²) in [6, 6.07) is 10.6. The highest BCUT2D eigenvalue weighted by Gasteiger charge is 2.52. The summed E-state index contributed by atoms with van der Waals surface area (Å²) in [6.07, 6.45) is -2.03. The number of benzene rings is 1. The highest BCUT2D eigenvalue weighted by Crippen LogP contribution is 2.45. The van der Waals surface area contributed by atoms with Crippen LogP contribution in [-0.2, 0) is 17.6 Å². The Balaban J connectivity index is 1.13. The second kappa shape index (κ2) is 10.7. The zero-order valence-corrected chi connectivity index (χ0v) is 25.4. The summed E-state index contributed by atoms with van der Waals surface area (Å²) in [4.78, 5) is 28.9. The minimum absolute atomic E-state index is 0.127. The molecule has 226 valence electrons. The third kappa shape index (κ3) is 6.22. The summed E-state index contributed by atoms with van der Waals surface area (Å²) < 4.78 is 44.7. The molecule has 7 nitrogen and oxygen atoms in total. The lowest BCUT2D eigenvalue weighted by molar-refractivity contribution is -0.126. The molecule has 1 spiro atoms. The molecule has 1 aromatic carbocycles. The van der Waals surface area contributed by atoms with Gasteiger partial charge in [0.1, 0.15) is 22.6 Å². The lowest BCUT2D eigenvalue weighted by Gasteiger charge is -2.56. The van der Waals surface area contributed by atoms with Crippen molar-refractivity contribution >= 4 is 33.5 Å². The van der Waals surface area contributed by atoms with Crippen LogP contribution in [0, 0.1) is 18.3 Å². The maximum absolute atomic E-state index is 13.0. The molecular weight excluding hydrogens is 563 g/mol. The Morgan fingerprint density at radius 1 is 1.12 bits per heavy atom. The van der Waals surface area contributed by atoms with Gasteiger partial charge in [0, 0.05) is 61.5 Å². The van der Waals surface area contributed by atoms with E-state index in [0.29, 0.717) is 35.3 Å². The van der Waals surface area contributed by atoms with Crippen LogP contribution in [0.15, 0.2) is 36.7 Å². The summed E-state index contributed by atoms with van der Waals surface area (Å²) in [7, 11) is 0. The smallest absolute Gasteiger partial charge is 0.410 e. The van der Waals surface area contributed by atoms with Crippen molar-refractivity contribution in [3.05, 3.63) is 52.7 Å². The molecule has 3 saturated heterocycles. The van der Waals surface area contributed by atoms with Gasteiger partial charge in [0.05, 0.1) is 11.8 Å². The number of nitrogens with zero attached hydrogens (tertiary/aromatic N) is 5. The van der Waals surface area contributed by atoms with Crippen molar-refractivity contribution in [1.82, 2.24) is 19.8 Å². The zero-order chi connectivity index (χ0) is 29.9. The van der Waals surface area contributed by atoms with Crippen LogP contribution in [0.3, 0.4) is 0 Å². The molecule has 0 aliphatic carbocycles. The molecule has 0 radical (unpaired) electrons. The van der Waals surface area contributed by atoms with Crippen molar-refractivity contribution in [3.8, 4) is 0 Å². The van der Waals surface area contributed by atoms with Gasteiger partial charge in [0.15, 0.2) is 0 Å². The van der Waals surface area contributed by atoms with E-state index in [1.54, 1.807) is 11.0 Å². The topological polar surface area (TPSA) is 61.8 Å². The Hall–Kier alpha value is -2.92. The van der Waals surface area contributed by atoms with E-state index in [9.17, 15) is 18.0 Å². The monoisotopic (exact) mass is 601 g/mol. The Kier molecular flexibility index (Phi) is 7.40. The number of anilines is 1. The first-order valence-corrected chi connectivity index (χ1v) is 15.4. The van der Waals surface area contributed by atoms with Gasteiger partial charge in [-0.3, -0.25) is 4.90 Å². The molecule has 3 aliphatic rings. The Morgan fingerprint density at radius 2 is 1.83 bits per heavy atom. The average Bonchev–Trinajstić information content (AvgIpc) is 3.45. The molecule has 0 saturated carbocycles. The molecule has 1 atom stereocenters. The maximum atomic E-state index is 13.0. The van der Waals surface area contributed by atoms with Crippen molar-refractivity contribution < 1.29 is 22.7 Å². The third-order valence-electron chi connectivity index (χ3n) is 8.69. The van der Waals surface area contributed by atoms with Crippen molar-refractivity contribution in [1.29, 1.82) is 0 Å². The summed E-state index contributed by atoms with van der Waals surface area (Å²) in [5, 5.41) is 0.712. The van der Waals surface area contributed by atoms with Crippen molar-refractivity contribution in [2.45, 2.75) is 64.8 Å². The van der Waals surface area contributed by atoms with Crippen molar-refractivity contribution in [2.24, 2.45) is 11.3 Å². The molecule has 2 aromatic heterocycles. The zero-order valence-electron chi connectivity index (χ0n) is 24.6. The summed E-state index contributed by atoms with van der Waals surface area (Å²) >= 11 is 1.10. The van der Waals surface area contributed by atoms with Crippen LogP contribution in [0.25, 0.3) is 10.2 Å². The van der Waals surface area contributed by atoms with E-state index in [1.807, 2.05) is 20.8 Å². The number of hydrogen-bond acceptors (Lipinski definition) is 7. The van der Waals surface area contributed by atoms with Gasteiger partial charge in [-0.25, -0.2) is 14.8 Å². The second-order valence-corrected chi connectivity index (χ2v) is 14.5. The Morgan fingerprint density at radius 3 is 2.50 bits per heavy atom. The number of likely N-dealkylation sites (tertiary alicyclic amines) is 2. The Bertz CT molecular complexity index is 1440. The van der Waals surface area contributed by atoms with Crippen LogP contribution >= 0.6 is 11.3 Å². The first-order chi connectivity index (χ1) is 19.8. The van der Waals surface area contributed by atoms with E-state index < -0.39 is 18.2 Å². The number of halogens is 3. The first kappa shape index (κ1) is 29.2. The normalized spacial score (nSPS) is 20.2. The number of rotatable bonds is 6. The summed E-state index contributed by atoms with van der Waals surface area (Å²) in [6.45, 7) is 12.7. The predicted molar refractivity (Wildman–Crippen MR) is 158 cm³/mol. The molecule has 0 bridgehead atoms. The number of amides is 1. The number of carbonyl (C=O) groups is 1. The van der Waals surface area contributed by atoms with Crippen LogP contribution in [0.2, 0.25) is 0 Å². The first-order valence-electron chi connectivity index (χ1n) is 14.6. The number of aryl methyl sites for hydroxylation is 1. The molecule has 5 heterocycles. The average molecular weight is 602 g/mol. The standard InChI is InChI=1S/C31H38F3N5O2S/c1-20-5-7-21(8-6-20)11-25(22-14-38(15-22)28(40)41-29(2,3)4)39-17-30(18-39)9-10-37(16-30)26-24-12-23(13-31(32,33)34)42-27(24)36-19-35-26/h5-8,12,19,22,25H,9-11,13-18H2,1-4H3. The van der Waals surface area contributed by atoms with Gasteiger partial charge in [0.25, 0.3) is 0 Å². The van der Waals surface area contributed by atoms with Crippen LogP contribution in [0.5, 0.6) is 0 Å². The van der Waals surface area contributed by atoms with Crippen LogP contribution in [-0.4, -0.2) is 82.9 Å². The maximum Gasteiger partial charge on any atom is 0.410 e. The van der Waals surface area contributed by atoms with Gasteiger partial charge in [-0.2, -0.15) is 13.2 Å². The fraction of sp³-hybridized carbons (Fsp3) is 0.581.